The van der Waals surface area contributed by atoms with Gasteiger partial charge >= 0.3 is 0 Å². The van der Waals surface area contributed by atoms with Gasteiger partial charge in [-0.05, 0) is 55.8 Å². The molecule has 0 radical (unpaired) electrons. The highest BCUT2D eigenvalue weighted by molar-refractivity contribution is 9.11. The van der Waals surface area contributed by atoms with Gasteiger partial charge in [-0.25, -0.2) is 0 Å². The second-order valence-electron chi connectivity index (χ2n) is 3.28. The lowest BCUT2D eigenvalue weighted by molar-refractivity contribution is 0.207. The summed E-state index contributed by atoms with van der Waals surface area (Å²) in [4.78, 5) is 0. The lowest BCUT2D eigenvalue weighted by Crippen LogP contribution is -2.08. The van der Waals surface area contributed by atoms with Crippen LogP contribution in [0.4, 0.5) is 0 Å². The normalized spacial score (nSPS) is 13.0. The van der Waals surface area contributed by atoms with E-state index in [4.69, 9.17) is 0 Å². The van der Waals surface area contributed by atoms with Crippen molar-refractivity contribution in [1.29, 1.82) is 0 Å². The molecule has 6 heteroatoms. The third-order valence-corrected chi connectivity index (χ3v) is 4.43. The highest BCUT2D eigenvalue weighted by atomic mass is 79.9. The zero-order chi connectivity index (χ0) is 11.7. The second-order valence-corrected chi connectivity index (χ2v) is 6.43. The molecule has 0 aromatic carbocycles. The van der Waals surface area contributed by atoms with Crippen molar-refractivity contribution in [3.63, 3.8) is 0 Å². The summed E-state index contributed by atoms with van der Waals surface area (Å²) in [7, 11) is 0. The minimum atomic E-state index is -0.639. The predicted molar refractivity (Wildman–Crippen MR) is 71.7 cm³/mol. The molecule has 0 bridgehead atoms. The van der Waals surface area contributed by atoms with Gasteiger partial charge in [0.2, 0.25) is 0 Å². The molecule has 1 unspecified atom stereocenters. The molecule has 0 aliphatic rings. The lowest BCUT2D eigenvalue weighted by Gasteiger charge is -2.11. The Balaban J connectivity index is 2.40. The average molecular weight is 366 g/mol. The van der Waals surface area contributed by atoms with E-state index in [1.807, 2.05) is 18.4 Å². The Morgan fingerprint density at radius 2 is 2.31 bits per heavy atom. The Bertz CT molecular complexity index is 495. The van der Waals surface area contributed by atoms with Gasteiger partial charge in [-0.2, -0.15) is 5.10 Å². The molecule has 16 heavy (non-hydrogen) atoms. The quantitative estimate of drug-likeness (QED) is 0.902. The van der Waals surface area contributed by atoms with Crippen molar-refractivity contribution < 1.29 is 5.11 Å². The molecule has 0 saturated carbocycles. The van der Waals surface area contributed by atoms with Crippen molar-refractivity contribution in [2.75, 3.05) is 0 Å². The fourth-order valence-corrected chi connectivity index (χ4v) is 3.23. The lowest BCUT2D eigenvalue weighted by atomic mass is 10.1. The summed E-state index contributed by atoms with van der Waals surface area (Å²) in [6, 6.07) is 1.93. The zero-order valence-electron chi connectivity index (χ0n) is 8.52. The SMILES string of the molecule is CCn1ncc(Br)c1C(O)c1csc(Br)c1. The summed E-state index contributed by atoms with van der Waals surface area (Å²) in [5.41, 5.74) is 1.68. The number of thiophene rings is 1. The van der Waals surface area contributed by atoms with Crippen LogP contribution in [0, 0.1) is 0 Å². The van der Waals surface area contributed by atoms with Gasteiger partial charge in [0.05, 0.1) is 20.1 Å². The molecular formula is C10H10Br2N2OS. The number of hydrogen-bond acceptors (Lipinski definition) is 3. The molecule has 0 aliphatic heterocycles. The van der Waals surface area contributed by atoms with E-state index in [9.17, 15) is 5.11 Å². The molecular weight excluding hydrogens is 356 g/mol. The number of halogens is 2. The first-order valence-corrected chi connectivity index (χ1v) is 7.23. The summed E-state index contributed by atoms with van der Waals surface area (Å²) in [5, 5.41) is 16.4. The van der Waals surface area contributed by atoms with Crippen LogP contribution < -0.4 is 0 Å². The van der Waals surface area contributed by atoms with Crippen molar-refractivity contribution in [2.45, 2.75) is 19.6 Å². The highest BCUT2D eigenvalue weighted by Gasteiger charge is 2.19. The number of aliphatic hydroxyl groups is 1. The summed E-state index contributed by atoms with van der Waals surface area (Å²) >= 11 is 8.36. The Labute approximate surface area is 114 Å². The number of aryl methyl sites for hydroxylation is 1. The minimum Gasteiger partial charge on any atom is -0.382 e. The first-order valence-electron chi connectivity index (χ1n) is 4.76. The molecule has 2 rings (SSSR count). The molecule has 2 aromatic heterocycles. The van der Waals surface area contributed by atoms with Crippen molar-refractivity contribution in [3.05, 3.63) is 37.2 Å². The van der Waals surface area contributed by atoms with Crippen LogP contribution in [0.15, 0.2) is 25.9 Å². The monoisotopic (exact) mass is 364 g/mol. The molecule has 1 N–H and O–H groups in total. The first kappa shape index (κ1) is 12.3. The predicted octanol–water partition coefficient (Wildman–Crippen LogP) is 3.57. The highest BCUT2D eigenvalue weighted by Crippen LogP contribution is 2.32. The Morgan fingerprint density at radius 1 is 1.56 bits per heavy atom. The van der Waals surface area contributed by atoms with Crippen LogP contribution in [0.1, 0.15) is 24.3 Å². The number of hydrogen-bond donors (Lipinski definition) is 1. The fraction of sp³-hybridized carbons (Fsp3) is 0.300. The van der Waals surface area contributed by atoms with Gasteiger partial charge in [-0.3, -0.25) is 4.68 Å². The van der Waals surface area contributed by atoms with Crippen LogP contribution in [0.3, 0.4) is 0 Å². The molecule has 0 amide bonds. The molecule has 2 heterocycles. The summed E-state index contributed by atoms with van der Waals surface area (Å²) in [6.45, 7) is 2.74. The Hall–Kier alpha value is -0.170. The molecule has 3 nitrogen and oxygen atoms in total. The van der Waals surface area contributed by atoms with Gasteiger partial charge in [-0.1, -0.05) is 0 Å². The van der Waals surface area contributed by atoms with Gasteiger partial charge in [-0.15, -0.1) is 11.3 Å². The van der Waals surface area contributed by atoms with Crippen molar-refractivity contribution >= 4 is 43.2 Å². The summed E-state index contributed by atoms with van der Waals surface area (Å²) in [5.74, 6) is 0. The molecule has 0 saturated heterocycles. The van der Waals surface area contributed by atoms with Gasteiger partial charge in [0.25, 0.3) is 0 Å². The smallest absolute Gasteiger partial charge is 0.123 e. The van der Waals surface area contributed by atoms with Crippen molar-refractivity contribution in [1.82, 2.24) is 9.78 Å². The number of aliphatic hydroxyl groups excluding tert-OH is 1. The van der Waals surface area contributed by atoms with Crippen molar-refractivity contribution in [3.8, 4) is 0 Å². The summed E-state index contributed by atoms with van der Waals surface area (Å²) in [6.07, 6.45) is 1.07. The average Bonchev–Trinajstić information content (AvgIpc) is 2.83. The van der Waals surface area contributed by atoms with E-state index in [2.05, 4.69) is 37.0 Å². The van der Waals surface area contributed by atoms with E-state index < -0.39 is 6.10 Å². The second kappa shape index (κ2) is 5.00. The van der Waals surface area contributed by atoms with E-state index in [0.717, 1.165) is 26.1 Å². The first-order chi connectivity index (χ1) is 7.63. The van der Waals surface area contributed by atoms with Gasteiger partial charge in [0.15, 0.2) is 0 Å². The number of rotatable bonds is 3. The third kappa shape index (κ3) is 2.25. The van der Waals surface area contributed by atoms with Crippen LogP contribution in [0.25, 0.3) is 0 Å². The van der Waals surface area contributed by atoms with Crippen LogP contribution in [-0.4, -0.2) is 14.9 Å². The molecule has 2 aromatic rings. The largest absolute Gasteiger partial charge is 0.382 e. The number of nitrogens with zero attached hydrogens (tertiary/aromatic N) is 2. The van der Waals surface area contributed by atoms with E-state index in [-0.39, 0.29) is 0 Å². The maximum Gasteiger partial charge on any atom is 0.123 e. The van der Waals surface area contributed by atoms with E-state index in [0.29, 0.717) is 0 Å². The summed E-state index contributed by atoms with van der Waals surface area (Å²) < 4.78 is 3.64. The Kier molecular flexibility index (Phi) is 3.84. The van der Waals surface area contributed by atoms with Gasteiger partial charge in [0.1, 0.15) is 6.10 Å². The van der Waals surface area contributed by atoms with Gasteiger partial charge < -0.3 is 5.11 Å². The standard InChI is InChI=1S/C10H10Br2N2OS/c1-2-14-9(7(11)4-13-14)10(15)6-3-8(12)16-5-6/h3-5,10,15H,2H2,1H3. The van der Waals surface area contributed by atoms with Crippen molar-refractivity contribution in [2.24, 2.45) is 0 Å². The molecule has 0 spiro atoms. The zero-order valence-corrected chi connectivity index (χ0v) is 12.5. The fourth-order valence-electron chi connectivity index (χ4n) is 1.52. The molecule has 0 aliphatic carbocycles. The molecule has 0 fully saturated rings. The van der Waals surface area contributed by atoms with Crippen LogP contribution in [0.5, 0.6) is 0 Å². The topological polar surface area (TPSA) is 38.0 Å². The molecule has 1 atom stereocenters. The van der Waals surface area contributed by atoms with Crippen LogP contribution >= 0.6 is 43.2 Å². The van der Waals surface area contributed by atoms with Crippen LogP contribution in [0.2, 0.25) is 0 Å². The maximum atomic E-state index is 10.3. The molecule has 86 valence electrons. The Morgan fingerprint density at radius 3 is 2.88 bits per heavy atom. The minimum absolute atomic E-state index is 0.639. The van der Waals surface area contributed by atoms with E-state index in [1.54, 1.807) is 22.2 Å². The number of aromatic nitrogens is 2. The van der Waals surface area contributed by atoms with Crippen LogP contribution in [-0.2, 0) is 6.54 Å². The maximum absolute atomic E-state index is 10.3. The van der Waals surface area contributed by atoms with Gasteiger partial charge in [0, 0.05) is 6.54 Å². The van der Waals surface area contributed by atoms with E-state index in [1.165, 1.54) is 0 Å². The van der Waals surface area contributed by atoms with E-state index >= 15 is 0 Å². The third-order valence-electron chi connectivity index (χ3n) is 2.30.